The molecule has 4 N–H and O–H groups in total. The average molecular weight is 272 g/mol. The number of aliphatic hydroxyl groups excluding tert-OH is 1. The highest BCUT2D eigenvalue weighted by molar-refractivity contribution is 7.88. The Hall–Kier alpha value is -1.11. The van der Waals surface area contributed by atoms with Crippen LogP contribution in [0.1, 0.15) is 19.4 Å². The molecule has 0 aromatic heterocycles. The molecule has 1 aromatic carbocycles. The molecule has 0 saturated carbocycles. The van der Waals surface area contributed by atoms with E-state index in [1.165, 1.54) is 0 Å². The molecule has 1 unspecified atom stereocenters. The molecule has 0 bridgehead atoms. The summed E-state index contributed by atoms with van der Waals surface area (Å²) in [7, 11) is -3.45. The van der Waals surface area contributed by atoms with Gasteiger partial charge in [-0.15, -0.1) is 0 Å². The Kier molecular flexibility index (Phi) is 5.13. The first-order valence-corrected chi connectivity index (χ1v) is 7.45. The molecule has 0 aliphatic rings. The van der Waals surface area contributed by atoms with Gasteiger partial charge in [0, 0.05) is 12.2 Å². The third-order valence-corrected chi connectivity index (χ3v) is 3.91. The third kappa shape index (κ3) is 5.03. The zero-order valence-corrected chi connectivity index (χ0v) is 11.4. The number of nitrogens with one attached hydrogen (secondary N) is 1. The maximum absolute atomic E-state index is 11.8. The fourth-order valence-corrected chi connectivity index (χ4v) is 2.55. The zero-order valence-electron chi connectivity index (χ0n) is 10.6. The molecule has 5 nitrogen and oxygen atoms in total. The van der Waals surface area contributed by atoms with Gasteiger partial charge in [0.2, 0.25) is 10.0 Å². The summed E-state index contributed by atoms with van der Waals surface area (Å²) in [4.78, 5) is 0. The predicted octanol–water partition coefficient (Wildman–Crippen LogP) is 0.705. The van der Waals surface area contributed by atoms with Crippen molar-refractivity contribution in [2.75, 3.05) is 12.3 Å². The summed E-state index contributed by atoms with van der Waals surface area (Å²) < 4.78 is 25.9. The van der Waals surface area contributed by atoms with Crippen LogP contribution < -0.4 is 10.5 Å². The van der Waals surface area contributed by atoms with Crippen molar-refractivity contribution in [1.29, 1.82) is 0 Å². The van der Waals surface area contributed by atoms with Crippen molar-refractivity contribution in [1.82, 2.24) is 4.72 Å². The second-order valence-corrected chi connectivity index (χ2v) is 6.47. The molecule has 102 valence electrons. The molecular weight excluding hydrogens is 252 g/mol. The van der Waals surface area contributed by atoms with Gasteiger partial charge < -0.3 is 10.8 Å². The van der Waals surface area contributed by atoms with Gasteiger partial charge in [0.1, 0.15) is 0 Å². The Bertz CT molecular complexity index is 486. The van der Waals surface area contributed by atoms with Crippen molar-refractivity contribution in [3.8, 4) is 0 Å². The summed E-state index contributed by atoms with van der Waals surface area (Å²) in [6, 6.07) is 6.74. The zero-order chi connectivity index (χ0) is 13.8. The van der Waals surface area contributed by atoms with Crippen molar-refractivity contribution >= 4 is 15.7 Å². The molecule has 0 heterocycles. The topological polar surface area (TPSA) is 92.4 Å². The Balaban J connectivity index is 2.60. The number of rotatable bonds is 6. The van der Waals surface area contributed by atoms with Crippen molar-refractivity contribution in [2.24, 2.45) is 5.92 Å². The normalized spacial score (nSPS) is 13.8. The number of nitrogen functional groups attached to an aromatic ring is 1. The first-order chi connectivity index (χ1) is 8.30. The molecule has 0 saturated heterocycles. The highest BCUT2D eigenvalue weighted by atomic mass is 32.2. The van der Waals surface area contributed by atoms with Gasteiger partial charge in [-0.25, -0.2) is 13.1 Å². The molecule has 0 amide bonds. The van der Waals surface area contributed by atoms with Gasteiger partial charge in [0.05, 0.1) is 11.9 Å². The number of hydrogen-bond donors (Lipinski definition) is 3. The largest absolute Gasteiger partial charge is 0.399 e. The van der Waals surface area contributed by atoms with Crippen molar-refractivity contribution < 1.29 is 13.5 Å². The maximum Gasteiger partial charge on any atom is 0.215 e. The summed E-state index contributed by atoms with van der Waals surface area (Å²) in [6.45, 7) is 3.69. The molecule has 0 radical (unpaired) electrons. The van der Waals surface area contributed by atoms with E-state index in [1.807, 2.05) is 13.8 Å². The molecule has 18 heavy (non-hydrogen) atoms. The van der Waals surface area contributed by atoms with E-state index < -0.39 is 16.1 Å². The summed E-state index contributed by atoms with van der Waals surface area (Å²) >= 11 is 0. The number of aliphatic hydroxyl groups is 1. The molecule has 1 aromatic rings. The van der Waals surface area contributed by atoms with Crippen LogP contribution in [0.3, 0.4) is 0 Å². The van der Waals surface area contributed by atoms with Crippen LogP contribution in [-0.2, 0) is 15.8 Å². The van der Waals surface area contributed by atoms with E-state index in [1.54, 1.807) is 24.3 Å². The maximum atomic E-state index is 11.8. The monoisotopic (exact) mass is 272 g/mol. The highest BCUT2D eigenvalue weighted by Gasteiger charge is 2.15. The van der Waals surface area contributed by atoms with E-state index in [9.17, 15) is 13.5 Å². The fraction of sp³-hybridized carbons (Fsp3) is 0.500. The minimum atomic E-state index is -3.45. The van der Waals surface area contributed by atoms with Gasteiger partial charge in [-0.3, -0.25) is 0 Å². The molecular formula is C12H20N2O3S. The van der Waals surface area contributed by atoms with Crippen molar-refractivity contribution in [3.63, 3.8) is 0 Å². The van der Waals surface area contributed by atoms with Crippen LogP contribution in [0.2, 0.25) is 0 Å². The molecule has 0 aliphatic carbocycles. The first-order valence-electron chi connectivity index (χ1n) is 5.80. The Morgan fingerprint density at radius 2 is 2.06 bits per heavy atom. The van der Waals surface area contributed by atoms with E-state index in [0.717, 1.165) is 0 Å². The number of nitrogens with two attached hydrogens (primary N) is 1. The molecule has 1 atom stereocenters. The minimum Gasteiger partial charge on any atom is -0.399 e. The van der Waals surface area contributed by atoms with Gasteiger partial charge in [-0.1, -0.05) is 26.0 Å². The minimum absolute atomic E-state index is 0.0140. The fourth-order valence-electron chi connectivity index (χ4n) is 1.40. The lowest BCUT2D eigenvalue weighted by molar-refractivity contribution is 0.129. The standard InChI is InChI=1S/C12H20N2O3S/c1-9(2)12(15)7-14-18(16,17)8-10-4-3-5-11(13)6-10/h3-6,9,12,14-15H,7-8,13H2,1-2H3. The van der Waals surface area contributed by atoms with Crippen molar-refractivity contribution in [3.05, 3.63) is 29.8 Å². The second kappa shape index (κ2) is 6.17. The molecule has 0 spiro atoms. The highest BCUT2D eigenvalue weighted by Crippen LogP contribution is 2.10. The lowest BCUT2D eigenvalue weighted by Crippen LogP contribution is -2.35. The molecule has 6 heteroatoms. The third-order valence-electron chi connectivity index (χ3n) is 2.59. The Morgan fingerprint density at radius 3 is 2.61 bits per heavy atom. The quantitative estimate of drug-likeness (QED) is 0.665. The number of anilines is 1. The number of sulfonamides is 1. The summed E-state index contributed by atoms with van der Waals surface area (Å²) in [5.74, 6) is -0.122. The molecule has 0 fully saturated rings. The van der Waals surface area contributed by atoms with E-state index in [0.29, 0.717) is 11.3 Å². The Morgan fingerprint density at radius 1 is 1.39 bits per heavy atom. The lowest BCUT2D eigenvalue weighted by atomic mass is 10.1. The molecule has 0 aliphatic heterocycles. The van der Waals surface area contributed by atoms with Gasteiger partial charge in [0.25, 0.3) is 0 Å². The van der Waals surface area contributed by atoms with Gasteiger partial charge in [-0.2, -0.15) is 0 Å². The van der Waals surface area contributed by atoms with Gasteiger partial charge in [0.15, 0.2) is 0 Å². The van der Waals surface area contributed by atoms with E-state index in [2.05, 4.69) is 4.72 Å². The second-order valence-electron chi connectivity index (χ2n) is 4.66. The van der Waals surface area contributed by atoms with Gasteiger partial charge >= 0.3 is 0 Å². The predicted molar refractivity (Wildman–Crippen MR) is 72.3 cm³/mol. The van der Waals surface area contributed by atoms with E-state index in [-0.39, 0.29) is 18.2 Å². The van der Waals surface area contributed by atoms with Crippen LogP contribution in [0.25, 0.3) is 0 Å². The van der Waals surface area contributed by atoms with Crippen LogP contribution in [0, 0.1) is 5.92 Å². The van der Waals surface area contributed by atoms with Crippen LogP contribution in [0.5, 0.6) is 0 Å². The molecule has 1 rings (SSSR count). The van der Waals surface area contributed by atoms with Crippen LogP contribution >= 0.6 is 0 Å². The smallest absolute Gasteiger partial charge is 0.215 e. The van der Waals surface area contributed by atoms with Crippen LogP contribution in [0.4, 0.5) is 5.69 Å². The lowest BCUT2D eigenvalue weighted by Gasteiger charge is -2.15. The van der Waals surface area contributed by atoms with Crippen LogP contribution in [-0.4, -0.2) is 26.2 Å². The summed E-state index contributed by atoms with van der Waals surface area (Å²) in [6.07, 6.45) is -0.680. The Labute approximate surface area is 108 Å². The van der Waals surface area contributed by atoms with Crippen molar-refractivity contribution in [2.45, 2.75) is 25.7 Å². The SMILES string of the molecule is CC(C)C(O)CNS(=O)(=O)Cc1cccc(N)c1. The number of benzene rings is 1. The van der Waals surface area contributed by atoms with Gasteiger partial charge in [-0.05, 0) is 23.6 Å². The summed E-state index contributed by atoms with van der Waals surface area (Å²) in [5, 5.41) is 9.55. The number of hydrogen-bond acceptors (Lipinski definition) is 4. The summed E-state index contributed by atoms with van der Waals surface area (Å²) in [5.41, 5.74) is 6.74. The average Bonchev–Trinajstić information content (AvgIpc) is 2.25. The van der Waals surface area contributed by atoms with Crippen LogP contribution in [0.15, 0.2) is 24.3 Å². The van der Waals surface area contributed by atoms with E-state index >= 15 is 0 Å². The van der Waals surface area contributed by atoms with E-state index in [4.69, 9.17) is 5.73 Å². The first kappa shape index (κ1) is 14.9.